The normalized spacial score (nSPS) is 23.1. The van der Waals surface area contributed by atoms with Gasteiger partial charge in [-0.15, -0.1) is 0 Å². The zero-order chi connectivity index (χ0) is 17.6. The van der Waals surface area contributed by atoms with Crippen LogP contribution in [0.25, 0.3) is 5.65 Å². The molecule has 0 spiro atoms. The second-order valence-electron chi connectivity index (χ2n) is 6.53. The highest BCUT2D eigenvalue weighted by Gasteiger charge is 2.43. The van der Waals surface area contributed by atoms with Crippen molar-refractivity contribution in [3.8, 4) is 0 Å². The minimum atomic E-state index is -1.08. The van der Waals surface area contributed by atoms with Crippen molar-refractivity contribution in [2.75, 3.05) is 0 Å². The summed E-state index contributed by atoms with van der Waals surface area (Å²) >= 11 is 3.34. The molecule has 24 heavy (non-hydrogen) atoms. The van der Waals surface area contributed by atoms with Gasteiger partial charge in [0, 0.05) is 22.3 Å². The molecule has 0 saturated heterocycles. The number of halogens is 1. The molecule has 0 atom stereocenters. The standard InChI is InChI=1S/C16H18BrN3O4/c1-9-12(8-20(15(22)23)11-6-16(2,24)7-11)18-13-5-10(17)3-4-19(13)14(9)21/h3-5,11,24H,6-8H2,1-2H3,(H,22,23). The lowest BCUT2D eigenvalue weighted by molar-refractivity contribution is -0.0730. The van der Waals surface area contributed by atoms with Gasteiger partial charge in [0.1, 0.15) is 5.65 Å². The van der Waals surface area contributed by atoms with Gasteiger partial charge < -0.3 is 10.2 Å². The SMILES string of the molecule is Cc1c(CN(C(=O)O)C2CC(C)(O)C2)nc2cc(Br)ccn2c1=O. The molecule has 0 radical (unpaired) electrons. The van der Waals surface area contributed by atoms with Crippen LogP contribution in [0.2, 0.25) is 0 Å². The van der Waals surface area contributed by atoms with Crippen LogP contribution >= 0.6 is 15.9 Å². The van der Waals surface area contributed by atoms with E-state index in [4.69, 9.17) is 0 Å². The van der Waals surface area contributed by atoms with Gasteiger partial charge >= 0.3 is 6.09 Å². The molecule has 2 heterocycles. The second kappa shape index (κ2) is 5.86. The number of pyridine rings is 1. The van der Waals surface area contributed by atoms with Crippen LogP contribution in [0.3, 0.4) is 0 Å². The zero-order valence-corrected chi connectivity index (χ0v) is 14.9. The van der Waals surface area contributed by atoms with Gasteiger partial charge in [-0.1, -0.05) is 15.9 Å². The van der Waals surface area contributed by atoms with E-state index in [1.165, 1.54) is 9.30 Å². The molecule has 0 aliphatic heterocycles. The van der Waals surface area contributed by atoms with Crippen molar-refractivity contribution in [1.82, 2.24) is 14.3 Å². The number of rotatable bonds is 3. The summed E-state index contributed by atoms with van der Waals surface area (Å²) in [6.45, 7) is 3.36. The van der Waals surface area contributed by atoms with Gasteiger partial charge in [0.15, 0.2) is 0 Å². The van der Waals surface area contributed by atoms with Crippen molar-refractivity contribution in [2.45, 2.75) is 44.9 Å². The quantitative estimate of drug-likeness (QED) is 0.829. The Balaban J connectivity index is 1.97. The Hall–Kier alpha value is -1.93. The van der Waals surface area contributed by atoms with Gasteiger partial charge in [0.2, 0.25) is 0 Å². The predicted molar refractivity (Wildman–Crippen MR) is 91.1 cm³/mol. The number of aromatic nitrogens is 2. The molecule has 1 fully saturated rings. The Bertz CT molecular complexity index is 869. The summed E-state index contributed by atoms with van der Waals surface area (Å²) in [5.74, 6) is 0. The van der Waals surface area contributed by atoms with Crippen molar-refractivity contribution in [3.63, 3.8) is 0 Å². The molecule has 1 aliphatic rings. The molecule has 0 unspecified atom stereocenters. The Morgan fingerprint density at radius 3 is 2.79 bits per heavy atom. The maximum Gasteiger partial charge on any atom is 0.407 e. The van der Waals surface area contributed by atoms with Crippen LogP contribution in [-0.2, 0) is 6.54 Å². The lowest BCUT2D eigenvalue weighted by atomic mass is 9.76. The predicted octanol–water partition coefficient (Wildman–Crippen LogP) is 2.16. The van der Waals surface area contributed by atoms with Crippen LogP contribution < -0.4 is 5.56 Å². The summed E-state index contributed by atoms with van der Waals surface area (Å²) < 4.78 is 2.22. The molecule has 0 bridgehead atoms. The van der Waals surface area contributed by atoms with Gasteiger partial charge in [-0.2, -0.15) is 0 Å². The van der Waals surface area contributed by atoms with Crippen LogP contribution in [0, 0.1) is 6.92 Å². The summed E-state index contributed by atoms with van der Waals surface area (Å²) in [5, 5.41) is 19.3. The molecule has 7 nitrogen and oxygen atoms in total. The van der Waals surface area contributed by atoms with Crippen molar-refractivity contribution in [1.29, 1.82) is 0 Å². The van der Waals surface area contributed by atoms with E-state index in [0.717, 1.165) is 4.47 Å². The number of hydrogen-bond acceptors (Lipinski definition) is 4. The smallest absolute Gasteiger partial charge is 0.407 e. The van der Waals surface area contributed by atoms with Crippen LogP contribution in [0.5, 0.6) is 0 Å². The van der Waals surface area contributed by atoms with E-state index in [1.54, 1.807) is 32.2 Å². The lowest BCUT2D eigenvalue weighted by Gasteiger charge is -2.45. The highest BCUT2D eigenvalue weighted by molar-refractivity contribution is 9.10. The minimum Gasteiger partial charge on any atom is -0.465 e. The maximum absolute atomic E-state index is 12.5. The van der Waals surface area contributed by atoms with E-state index in [0.29, 0.717) is 29.7 Å². The molecular formula is C16H18BrN3O4. The number of nitrogens with zero attached hydrogens (tertiary/aromatic N) is 3. The van der Waals surface area contributed by atoms with Crippen LogP contribution in [-0.4, -0.2) is 42.2 Å². The molecule has 0 aromatic carbocycles. The first-order chi connectivity index (χ1) is 11.2. The topological polar surface area (TPSA) is 95.1 Å². The number of hydrogen-bond donors (Lipinski definition) is 2. The molecular weight excluding hydrogens is 378 g/mol. The Morgan fingerprint density at radius 1 is 1.54 bits per heavy atom. The Morgan fingerprint density at radius 2 is 2.21 bits per heavy atom. The third kappa shape index (κ3) is 3.03. The first kappa shape index (κ1) is 16.9. The van der Waals surface area contributed by atoms with E-state index in [2.05, 4.69) is 20.9 Å². The van der Waals surface area contributed by atoms with Gasteiger partial charge in [-0.25, -0.2) is 9.78 Å². The molecule has 1 saturated carbocycles. The fourth-order valence-electron chi connectivity index (χ4n) is 3.09. The summed E-state index contributed by atoms with van der Waals surface area (Å²) in [5.41, 5.74) is 0.280. The van der Waals surface area contributed by atoms with Gasteiger partial charge in [-0.05, 0) is 38.8 Å². The molecule has 1 amide bonds. The number of carbonyl (C=O) groups is 1. The number of fused-ring (bicyclic) bond motifs is 1. The average Bonchev–Trinajstić information content (AvgIpc) is 2.46. The number of aliphatic hydroxyl groups is 1. The van der Waals surface area contributed by atoms with Crippen LogP contribution in [0.15, 0.2) is 27.6 Å². The van der Waals surface area contributed by atoms with Crippen molar-refractivity contribution < 1.29 is 15.0 Å². The summed E-state index contributed by atoms with van der Waals surface area (Å²) in [4.78, 5) is 29.8. The minimum absolute atomic E-state index is 0.0279. The van der Waals surface area contributed by atoms with Crippen molar-refractivity contribution in [2.24, 2.45) is 0 Å². The molecule has 8 heteroatoms. The van der Waals surface area contributed by atoms with Crippen LogP contribution in [0.4, 0.5) is 4.79 Å². The van der Waals surface area contributed by atoms with Gasteiger partial charge in [0.05, 0.1) is 17.8 Å². The summed E-state index contributed by atoms with van der Waals surface area (Å²) in [6, 6.07) is 3.19. The highest BCUT2D eigenvalue weighted by atomic mass is 79.9. The Kier molecular flexibility index (Phi) is 4.13. The first-order valence-electron chi connectivity index (χ1n) is 7.57. The molecule has 2 aromatic rings. The van der Waals surface area contributed by atoms with Crippen molar-refractivity contribution >= 4 is 27.7 Å². The van der Waals surface area contributed by atoms with E-state index >= 15 is 0 Å². The summed E-state index contributed by atoms with van der Waals surface area (Å²) in [6.07, 6.45) is 1.32. The molecule has 3 rings (SSSR count). The second-order valence-corrected chi connectivity index (χ2v) is 7.45. The van der Waals surface area contributed by atoms with Gasteiger partial charge in [0.25, 0.3) is 5.56 Å². The van der Waals surface area contributed by atoms with E-state index in [9.17, 15) is 19.8 Å². The molecule has 1 aliphatic carbocycles. The first-order valence-corrected chi connectivity index (χ1v) is 8.36. The maximum atomic E-state index is 12.5. The number of amides is 1. The van der Waals surface area contributed by atoms with E-state index in [-0.39, 0.29) is 18.1 Å². The van der Waals surface area contributed by atoms with Crippen LogP contribution in [0.1, 0.15) is 31.0 Å². The number of carboxylic acid groups (broad SMARTS) is 1. The Labute approximate surface area is 146 Å². The van der Waals surface area contributed by atoms with Gasteiger partial charge in [-0.3, -0.25) is 14.1 Å². The van der Waals surface area contributed by atoms with E-state index < -0.39 is 11.7 Å². The molecule has 2 aromatic heterocycles. The van der Waals surface area contributed by atoms with E-state index in [1.807, 2.05) is 0 Å². The summed E-state index contributed by atoms with van der Waals surface area (Å²) in [7, 11) is 0. The lowest BCUT2D eigenvalue weighted by Crippen LogP contribution is -2.55. The molecule has 128 valence electrons. The fourth-order valence-corrected chi connectivity index (χ4v) is 3.41. The largest absolute Gasteiger partial charge is 0.465 e. The highest BCUT2D eigenvalue weighted by Crippen LogP contribution is 2.36. The molecule has 2 N–H and O–H groups in total. The monoisotopic (exact) mass is 395 g/mol. The average molecular weight is 396 g/mol. The third-order valence-electron chi connectivity index (χ3n) is 4.48. The zero-order valence-electron chi connectivity index (χ0n) is 13.4. The van der Waals surface area contributed by atoms with Crippen molar-refractivity contribution in [3.05, 3.63) is 44.4 Å². The third-order valence-corrected chi connectivity index (χ3v) is 4.97. The fraction of sp³-hybridized carbons (Fsp3) is 0.438.